The average molecular weight is 587 g/mol. The predicted octanol–water partition coefficient (Wildman–Crippen LogP) is 5.63. The van der Waals surface area contributed by atoms with E-state index in [0.29, 0.717) is 30.5 Å². The third-order valence-corrected chi connectivity index (χ3v) is 8.06. The molecule has 1 heterocycles. The van der Waals surface area contributed by atoms with Gasteiger partial charge in [0.25, 0.3) is 5.91 Å². The van der Waals surface area contributed by atoms with E-state index in [-0.39, 0.29) is 29.6 Å². The number of hydrogen-bond acceptors (Lipinski definition) is 7. The number of halogens is 1. The Balaban J connectivity index is 2.06. The van der Waals surface area contributed by atoms with E-state index < -0.39 is 21.7 Å². The van der Waals surface area contributed by atoms with E-state index in [1.807, 2.05) is 44.3 Å². The van der Waals surface area contributed by atoms with Gasteiger partial charge < -0.3 is 9.73 Å². The number of carbonyl (C=O) groups excluding carboxylic acids is 1. The number of rotatable bonds is 11. The molecule has 0 spiro atoms. The van der Waals surface area contributed by atoms with Crippen molar-refractivity contribution in [2.45, 2.75) is 31.6 Å². The predicted molar refractivity (Wildman–Crippen MR) is 159 cm³/mol. The Labute approximate surface area is 240 Å². The summed E-state index contributed by atoms with van der Waals surface area (Å²) in [6.45, 7) is 4.31. The van der Waals surface area contributed by atoms with Crippen LogP contribution < -0.4 is 9.62 Å². The van der Waals surface area contributed by atoms with Crippen LogP contribution in [0.5, 0.6) is 0 Å². The first-order valence-corrected chi connectivity index (χ1v) is 15.4. The van der Waals surface area contributed by atoms with Gasteiger partial charge in [0.15, 0.2) is 5.89 Å². The Kier molecular flexibility index (Phi) is 11.1. The van der Waals surface area contributed by atoms with Crippen molar-refractivity contribution < 1.29 is 22.0 Å². The van der Waals surface area contributed by atoms with Gasteiger partial charge in [0, 0.05) is 37.5 Å². The molecule has 3 aromatic rings. The van der Waals surface area contributed by atoms with Crippen LogP contribution in [-0.2, 0) is 16.4 Å². The molecule has 0 unspecified atom stereocenters. The highest BCUT2D eigenvalue weighted by Gasteiger charge is 2.22. The Morgan fingerprint density at radius 3 is 2.33 bits per heavy atom. The minimum absolute atomic E-state index is 0.135. The van der Waals surface area contributed by atoms with Gasteiger partial charge >= 0.3 is 0 Å². The molecule has 0 atom stereocenters. The Morgan fingerprint density at radius 1 is 1.05 bits per heavy atom. The molecule has 0 aliphatic carbocycles. The van der Waals surface area contributed by atoms with E-state index in [4.69, 9.17) is 4.42 Å². The summed E-state index contributed by atoms with van der Waals surface area (Å²) in [5.74, 6) is -0.298. The van der Waals surface area contributed by atoms with Crippen LogP contribution in [0.15, 0.2) is 76.0 Å². The van der Waals surface area contributed by atoms with E-state index in [1.54, 1.807) is 31.0 Å². The van der Waals surface area contributed by atoms with Crippen molar-refractivity contribution in [3.8, 4) is 11.3 Å². The molecule has 1 N–H and O–H groups in total. The molecular weight excluding hydrogens is 551 g/mol. The topological polar surface area (TPSA) is 95.8 Å². The van der Waals surface area contributed by atoms with Gasteiger partial charge in [-0.15, -0.1) is 0 Å². The monoisotopic (exact) mass is 586 g/mol. The smallest absolute Gasteiger partial charge is 0.254 e. The van der Waals surface area contributed by atoms with Crippen LogP contribution in [0.4, 0.5) is 10.2 Å². The van der Waals surface area contributed by atoms with Crippen molar-refractivity contribution in [2.75, 3.05) is 37.7 Å². The zero-order chi connectivity index (χ0) is 29.3. The fraction of sp³-hybridized carbons (Fsp3) is 0.310. The molecule has 0 fully saturated rings. The third-order valence-electron chi connectivity index (χ3n) is 5.93. The van der Waals surface area contributed by atoms with E-state index in [2.05, 4.69) is 14.6 Å². The van der Waals surface area contributed by atoms with Crippen LogP contribution in [0.1, 0.15) is 35.2 Å². The number of sulfonamides is 1. The number of aryl methyl sites for hydroxylation is 2. The SMILES string of the molecule is CCc1ccc(C(=O)NC)c(-c2ccc(F)cc2)oc(C)nc1N(CCCN(C)Sc1ccccc1)S(C)(=O)=O. The number of nitrogens with one attached hydrogen (secondary N) is 1. The average Bonchev–Trinajstić information content (AvgIpc) is 2.98. The summed E-state index contributed by atoms with van der Waals surface area (Å²) < 4.78 is 49.1. The van der Waals surface area contributed by atoms with Crippen LogP contribution in [0, 0.1) is 12.7 Å². The number of anilines is 1. The first kappa shape index (κ1) is 31.1. The molecule has 214 valence electrons. The lowest BCUT2D eigenvalue weighted by Gasteiger charge is -2.24. The lowest BCUT2D eigenvalue weighted by molar-refractivity contribution is 0.0962. The van der Waals surface area contributed by atoms with Crippen LogP contribution in [0.2, 0.25) is 0 Å². The highest BCUT2D eigenvalue weighted by Crippen LogP contribution is 2.27. The number of nitrogens with zero attached hydrogens (tertiary/aromatic N) is 3. The van der Waals surface area contributed by atoms with Crippen molar-refractivity contribution in [3.63, 3.8) is 0 Å². The minimum atomic E-state index is -3.71. The molecule has 40 heavy (non-hydrogen) atoms. The molecule has 2 aromatic carbocycles. The zero-order valence-electron chi connectivity index (χ0n) is 23.3. The van der Waals surface area contributed by atoms with Gasteiger partial charge in [-0.05, 0) is 79.9 Å². The lowest BCUT2D eigenvalue weighted by atomic mass is 10.1. The number of carbonyl (C=O) groups is 1. The highest BCUT2D eigenvalue weighted by atomic mass is 32.2. The van der Waals surface area contributed by atoms with Crippen molar-refractivity contribution in [1.29, 1.82) is 0 Å². The second-order valence-corrected chi connectivity index (χ2v) is 12.2. The van der Waals surface area contributed by atoms with Gasteiger partial charge in [0.05, 0.1) is 11.8 Å². The molecular formula is C29H35FN4O4S2. The molecule has 1 amide bonds. The van der Waals surface area contributed by atoms with Crippen molar-refractivity contribution in [2.24, 2.45) is 0 Å². The molecule has 0 bridgehead atoms. The second kappa shape index (κ2) is 14.3. The summed E-state index contributed by atoms with van der Waals surface area (Å²) in [6, 6.07) is 18.8. The first-order valence-electron chi connectivity index (χ1n) is 12.8. The largest absolute Gasteiger partial charge is 0.442 e. The Morgan fingerprint density at radius 2 is 1.73 bits per heavy atom. The van der Waals surface area contributed by atoms with Crippen LogP contribution in [-0.4, -0.2) is 57.1 Å². The summed E-state index contributed by atoms with van der Waals surface area (Å²) >= 11 is 1.58. The second-order valence-electron chi connectivity index (χ2n) is 9.04. The normalized spacial score (nSPS) is 11.3. The van der Waals surface area contributed by atoms with Gasteiger partial charge in [-0.25, -0.2) is 17.1 Å². The maximum atomic E-state index is 13.6. The quantitative estimate of drug-likeness (QED) is 0.291. The number of benzene rings is 2. The van der Waals surface area contributed by atoms with Gasteiger partial charge in [-0.1, -0.05) is 31.2 Å². The number of amides is 1. The van der Waals surface area contributed by atoms with Gasteiger partial charge in [0.1, 0.15) is 17.4 Å². The molecule has 0 saturated heterocycles. The fourth-order valence-corrected chi connectivity index (χ4v) is 5.77. The summed E-state index contributed by atoms with van der Waals surface area (Å²) in [7, 11) is -0.255. The molecule has 0 radical (unpaired) electrons. The summed E-state index contributed by atoms with van der Waals surface area (Å²) in [5, 5.41) is 2.61. The molecule has 0 aliphatic heterocycles. The fourth-order valence-electron chi connectivity index (χ4n) is 3.97. The van der Waals surface area contributed by atoms with Gasteiger partial charge in [0.2, 0.25) is 10.0 Å². The van der Waals surface area contributed by atoms with Crippen LogP contribution in [0.25, 0.3) is 11.3 Å². The standard InChI is InChI=1S/C29H35FN4O4S2/c1-6-22-15-18-26(29(35)31-3)27(23-13-16-24(30)17-14-23)38-21(2)32-28(22)34(40(5,36)37)20-10-19-33(4)39-25-11-8-7-9-12-25/h7-9,11-18H,6,10,19-20H2,1-5H3,(H,31,35). The molecule has 11 heteroatoms. The third kappa shape index (κ3) is 8.54. The van der Waals surface area contributed by atoms with E-state index >= 15 is 0 Å². The maximum absolute atomic E-state index is 13.6. The first-order chi connectivity index (χ1) is 19.0. The zero-order valence-corrected chi connectivity index (χ0v) is 25.0. The van der Waals surface area contributed by atoms with Crippen LogP contribution >= 0.6 is 11.9 Å². The van der Waals surface area contributed by atoms with Crippen LogP contribution in [0.3, 0.4) is 0 Å². The molecule has 0 saturated carbocycles. The van der Waals surface area contributed by atoms with Gasteiger partial charge in [-0.2, -0.15) is 4.98 Å². The lowest BCUT2D eigenvalue weighted by Crippen LogP contribution is -2.33. The maximum Gasteiger partial charge on any atom is 0.254 e. The number of aromatic nitrogens is 1. The van der Waals surface area contributed by atoms with Crippen molar-refractivity contribution >= 4 is 33.7 Å². The summed E-state index contributed by atoms with van der Waals surface area (Å²) in [6.07, 6.45) is 2.15. The molecule has 8 nitrogen and oxygen atoms in total. The highest BCUT2D eigenvalue weighted by molar-refractivity contribution is 7.97. The Hall–Kier alpha value is -3.41. The Bertz CT molecular complexity index is 1460. The summed E-state index contributed by atoms with van der Waals surface area (Å²) in [4.78, 5) is 18.6. The minimum Gasteiger partial charge on any atom is -0.442 e. The molecule has 0 aliphatic rings. The molecule has 1 aromatic heterocycles. The van der Waals surface area contributed by atoms with Gasteiger partial charge in [-0.3, -0.25) is 9.10 Å². The molecule has 3 rings (SSSR count). The van der Waals surface area contributed by atoms with E-state index in [9.17, 15) is 17.6 Å². The van der Waals surface area contributed by atoms with Crippen molar-refractivity contribution in [1.82, 2.24) is 14.6 Å². The summed E-state index contributed by atoms with van der Waals surface area (Å²) in [5.41, 5.74) is 1.28. The van der Waals surface area contributed by atoms with E-state index in [0.717, 1.165) is 11.2 Å². The van der Waals surface area contributed by atoms with Crippen molar-refractivity contribution in [3.05, 3.63) is 89.6 Å². The van der Waals surface area contributed by atoms with E-state index in [1.165, 1.54) is 35.6 Å². The number of hydrogen-bond donors (Lipinski definition) is 1.